The monoisotopic (exact) mass is 477 g/mol. The smallest absolute Gasteiger partial charge is 0.260 e. The minimum Gasteiger partial charge on any atom is -0.497 e. The summed E-state index contributed by atoms with van der Waals surface area (Å²) in [7, 11) is 3.02. The van der Waals surface area contributed by atoms with Gasteiger partial charge in [0.25, 0.3) is 5.91 Å². The number of thiazole rings is 1. The predicted octanol–water partition coefficient (Wildman–Crippen LogP) is 3.96. The van der Waals surface area contributed by atoms with Gasteiger partial charge >= 0.3 is 0 Å². The number of hydrogen-bond donors (Lipinski definition) is 0. The van der Waals surface area contributed by atoms with Crippen molar-refractivity contribution in [1.29, 1.82) is 0 Å². The first-order valence-corrected chi connectivity index (χ1v) is 11.4. The lowest BCUT2D eigenvalue weighted by Gasteiger charge is -2.27. The third-order valence-electron chi connectivity index (χ3n) is 5.44. The van der Waals surface area contributed by atoms with E-state index in [1.165, 1.54) is 25.2 Å². The topological polar surface area (TPSA) is 64.1 Å². The Balaban J connectivity index is 1.65. The summed E-state index contributed by atoms with van der Waals surface area (Å²) in [6.07, 6.45) is 0.680. The molecule has 0 radical (unpaired) electrons. The zero-order valence-electron chi connectivity index (χ0n) is 18.5. The van der Waals surface area contributed by atoms with E-state index < -0.39 is 11.6 Å². The number of aromatic nitrogens is 1. The molecule has 0 spiro atoms. The summed E-state index contributed by atoms with van der Waals surface area (Å²) >= 11 is 1.08. The van der Waals surface area contributed by atoms with E-state index >= 15 is 0 Å². The van der Waals surface area contributed by atoms with Crippen molar-refractivity contribution in [1.82, 2.24) is 9.88 Å². The molecule has 2 heterocycles. The molecule has 1 aliphatic heterocycles. The number of ether oxygens (including phenoxy) is 3. The van der Waals surface area contributed by atoms with Gasteiger partial charge in [-0.3, -0.25) is 14.6 Å². The molecular weight excluding hydrogens is 452 g/mol. The van der Waals surface area contributed by atoms with Crippen LogP contribution in [0.25, 0.3) is 10.2 Å². The van der Waals surface area contributed by atoms with Crippen LogP contribution in [0.4, 0.5) is 13.9 Å². The first-order valence-electron chi connectivity index (χ1n) is 10.6. The van der Waals surface area contributed by atoms with Gasteiger partial charge in [0.05, 0.1) is 32.1 Å². The van der Waals surface area contributed by atoms with E-state index in [0.717, 1.165) is 37.0 Å². The molecule has 1 fully saturated rings. The highest BCUT2D eigenvalue weighted by Crippen LogP contribution is 2.33. The van der Waals surface area contributed by atoms with Gasteiger partial charge in [0.1, 0.15) is 22.8 Å². The fourth-order valence-electron chi connectivity index (χ4n) is 3.71. The molecule has 1 amide bonds. The molecule has 0 N–H and O–H groups in total. The molecule has 1 aromatic heterocycles. The van der Waals surface area contributed by atoms with Gasteiger partial charge in [0, 0.05) is 43.9 Å². The highest BCUT2D eigenvalue weighted by atomic mass is 32.1. The second-order valence-corrected chi connectivity index (χ2v) is 8.61. The van der Waals surface area contributed by atoms with Crippen LogP contribution in [0.3, 0.4) is 0 Å². The number of methoxy groups -OCH3 is 2. The maximum Gasteiger partial charge on any atom is 0.260 e. The minimum atomic E-state index is -0.753. The van der Waals surface area contributed by atoms with E-state index in [2.05, 4.69) is 9.88 Å². The minimum absolute atomic E-state index is 0.0469. The fourth-order valence-corrected chi connectivity index (χ4v) is 4.74. The molecule has 0 bridgehead atoms. The van der Waals surface area contributed by atoms with Gasteiger partial charge < -0.3 is 14.2 Å². The summed E-state index contributed by atoms with van der Waals surface area (Å²) in [5.74, 6) is -0.810. The van der Waals surface area contributed by atoms with E-state index in [4.69, 9.17) is 14.2 Å². The van der Waals surface area contributed by atoms with Crippen LogP contribution in [0.5, 0.6) is 11.5 Å². The van der Waals surface area contributed by atoms with Crippen LogP contribution in [-0.4, -0.2) is 69.4 Å². The van der Waals surface area contributed by atoms with Crippen LogP contribution >= 0.6 is 11.3 Å². The summed E-state index contributed by atoms with van der Waals surface area (Å²) in [6.45, 7) is 4.20. The van der Waals surface area contributed by atoms with Crippen molar-refractivity contribution in [2.24, 2.45) is 0 Å². The molecule has 0 atom stereocenters. The zero-order chi connectivity index (χ0) is 23.4. The molecular formula is C23H25F2N3O4S. The highest BCUT2D eigenvalue weighted by Gasteiger charge is 2.24. The Bertz CT molecular complexity index is 1110. The number of fused-ring (bicyclic) bond motifs is 1. The maximum atomic E-state index is 14.3. The van der Waals surface area contributed by atoms with Crippen LogP contribution in [0.1, 0.15) is 16.8 Å². The summed E-state index contributed by atoms with van der Waals surface area (Å²) in [5.41, 5.74) is 0.397. The van der Waals surface area contributed by atoms with Crippen molar-refractivity contribution in [3.8, 4) is 11.5 Å². The molecule has 4 rings (SSSR count). The molecule has 7 nitrogen and oxygen atoms in total. The van der Waals surface area contributed by atoms with Crippen LogP contribution in [0, 0.1) is 11.6 Å². The van der Waals surface area contributed by atoms with Crippen molar-refractivity contribution in [2.75, 3.05) is 58.5 Å². The molecule has 0 aliphatic carbocycles. The molecule has 10 heteroatoms. The number of amides is 1. The Hall–Kier alpha value is -2.82. The molecule has 33 heavy (non-hydrogen) atoms. The number of morpholine rings is 1. The second kappa shape index (κ2) is 10.4. The molecule has 0 unspecified atom stereocenters. The molecule has 0 saturated carbocycles. The standard InChI is InChI=1S/C23H25F2N3O4S/c1-30-17-10-15(11-18(14-17)31-2)22(29)28(5-3-4-27-6-8-32-9-7-27)23-26-21-19(25)12-16(24)13-20(21)33-23/h10-14H,3-9H2,1-2H3. The van der Waals surface area contributed by atoms with Crippen LogP contribution in [0.15, 0.2) is 30.3 Å². The Morgan fingerprint density at radius 2 is 1.82 bits per heavy atom. The number of nitrogens with zero attached hydrogens (tertiary/aromatic N) is 3. The van der Waals surface area contributed by atoms with Gasteiger partial charge in [-0.15, -0.1) is 0 Å². The first-order chi connectivity index (χ1) is 16.0. The lowest BCUT2D eigenvalue weighted by Crippen LogP contribution is -2.39. The van der Waals surface area contributed by atoms with Gasteiger partial charge in [0.2, 0.25) is 0 Å². The Kier molecular flexibility index (Phi) is 7.36. The normalized spacial score (nSPS) is 14.4. The van der Waals surface area contributed by atoms with E-state index in [-0.39, 0.29) is 11.4 Å². The molecule has 2 aromatic carbocycles. The van der Waals surface area contributed by atoms with Gasteiger partial charge in [-0.25, -0.2) is 13.8 Å². The number of benzene rings is 2. The summed E-state index contributed by atoms with van der Waals surface area (Å²) in [4.78, 5) is 21.7. The summed E-state index contributed by atoms with van der Waals surface area (Å²) in [5, 5.41) is 0.309. The Morgan fingerprint density at radius 3 is 2.48 bits per heavy atom. The van der Waals surface area contributed by atoms with Crippen molar-refractivity contribution >= 4 is 32.6 Å². The average Bonchev–Trinajstić information content (AvgIpc) is 3.25. The maximum absolute atomic E-state index is 14.3. The zero-order valence-corrected chi connectivity index (χ0v) is 19.3. The summed E-state index contributed by atoms with van der Waals surface area (Å²) < 4.78 is 44.3. The molecule has 176 valence electrons. The Labute approximate surface area is 194 Å². The van der Waals surface area contributed by atoms with Crippen molar-refractivity contribution in [2.45, 2.75) is 6.42 Å². The highest BCUT2D eigenvalue weighted by molar-refractivity contribution is 7.22. The number of halogens is 2. The van der Waals surface area contributed by atoms with Crippen LogP contribution < -0.4 is 14.4 Å². The third kappa shape index (κ3) is 5.40. The predicted molar refractivity (Wildman–Crippen MR) is 123 cm³/mol. The molecule has 1 aliphatic rings. The fraction of sp³-hybridized carbons (Fsp3) is 0.391. The van der Waals surface area contributed by atoms with Gasteiger partial charge in [0.15, 0.2) is 10.9 Å². The van der Waals surface area contributed by atoms with Crippen molar-refractivity contribution in [3.05, 3.63) is 47.5 Å². The van der Waals surface area contributed by atoms with Crippen molar-refractivity contribution < 1.29 is 27.8 Å². The van der Waals surface area contributed by atoms with E-state index in [1.54, 1.807) is 18.2 Å². The number of rotatable bonds is 8. The number of carbonyl (C=O) groups excluding carboxylic acids is 1. The average molecular weight is 478 g/mol. The van der Waals surface area contributed by atoms with Crippen LogP contribution in [-0.2, 0) is 4.74 Å². The quantitative estimate of drug-likeness (QED) is 0.490. The van der Waals surface area contributed by atoms with Crippen molar-refractivity contribution in [3.63, 3.8) is 0 Å². The van der Waals surface area contributed by atoms with Gasteiger partial charge in [-0.1, -0.05) is 11.3 Å². The van der Waals surface area contributed by atoms with E-state index in [9.17, 15) is 13.6 Å². The van der Waals surface area contributed by atoms with Crippen LogP contribution in [0.2, 0.25) is 0 Å². The number of carbonyl (C=O) groups is 1. The molecule has 1 saturated heterocycles. The largest absolute Gasteiger partial charge is 0.497 e. The third-order valence-corrected chi connectivity index (χ3v) is 6.46. The van der Waals surface area contributed by atoms with E-state index in [1.807, 2.05) is 0 Å². The second-order valence-electron chi connectivity index (χ2n) is 7.60. The number of anilines is 1. The van der Waals surface area contributed by atoms with Gasteiger partial charge in [-0.2, -0.15) is 0 Å². The van der Waals surface area contributed by atoms with E-state index in [0.29, 0.717) is 53.1 Å². The first kappa shape index (κ1) is 23.3. The molecule has 3 aromatic rings. The summed E-state index contributed by atoms with van der Waals surface area (Å²) in [6, 6.07) is 6.93. The lowest BCUT2D eigenvalue weighted by molar-refractivity contribution is 0.0376. The van der Waals surface area contributed by atoms with Gasteiger partial charge in [-0.05, 0) is 24.6 Å². The number of hydrogen-bond acceptors (Lipinski definition) is 7. The SMILES string of the molecule is COc1cc(OC)cc(C(=O)N(CCCN2CCOCC2)c2nc3c(F)cc(F)cc3s2)c1. The Morgan fingerprint density at radius 1 is 1.12 bits per heavy atom. The lowest BCUT2D eigenvalue weighted by atomic mass is 10.1.